The third-order valence-corrected chi connectivity index (χ3v) is 5.75. The van der Waals surface area contributed by atoms with Gasteiger partial charge in [-0.15, -0.1) is 0 Å². The summed E-state index contributed by atoms with van der Waals surface area (Å²) in [5, 5.41) is 0.970. The van der Waals surface area contributed by atoms with Crippen molar-refractivity contribution in [1.29, 1.82) is 0 Å². The summed E-state index contributed by atoms with van der Waals surface area (Å²) in [6.45, 7) is 0.0716. The molecule has 6 heteroatoms. The maximum absolute atomic E-state index is 12.5. The Bertz CT molecular complexity index is 972. The second-order valence-electron chi connectivity index (χ2n) is 5.45. The van der Waals surface area contributed by atoms with E-state index in [1.165, 1.54) is 0 Å². The molecule has 0 atom stereocenters. The number of sulfonamides is 1. The molecule has 1 N–H and O–H groups in total. The fourth-order valence-corrected chi connectivity index (χ4v) is 3.78. The van der Waals surface area contributed by atoms with Crippen molar-refractivity contribution in [2.24, 2.45) is 0 Å². The molecule has 0 saturated heterocycles. The molecular weight excluding hydrogens is 377 g/mol. The largest absolute Gasteiger partial charge is 0.240 e. The third-order valence-electron chi connectivity index (χ3n) is 3.73. The van der Waals surface area contributed by atoms with Gasteiger partial charge < -0.3 is 0 Å². The van der Waals surface area contributed by atoms with Gasteiger partial charge in [0.05, 0.1) is 4.90 Å². The Kier molecular flexibility index (Phi) is 5.45. The van der Waals surface area contributed by atoms with E-state index in [1.807, 2.05) is 30.3 Å². The molecule has 3 aromatic rings. The molecule has 0 fully saturated rings. The molecule has 0 bridgehead atoms. The summed E-state index contributed by atoms with van der Waals surface area (Å²) in [6, 6.07) is 21.5. The van der Waals surface area contributed by atoms with Crippen molar-refractivity contribution in [1.82, 2.24) is 4.72 Å². The van der Waals surface area contributed by atoms with Crippen LogP contribution in [0, 0.1) is 0 Å². The number of benzene rings is 3. The fraction of sp³-hybridized carbons (Fsp3) is 0.0526. The summed E-state index contributed by atoms with van der Waals surface area (Å²) >= 11 is 12.0. The van der Waals surface area contributed by atoms with Crippen molar-refractivity contribution >= 4 is 33.2 Å². The van der Waals surface area contributed by atoms with E-state index in [-0.39, 0.29) is 11.4 Å². The molecule has 0 spiro atoms. The van der Waals surface area contributed by atoms with E-state index in [0.29, 0.717) is 15.6 Å². The van der Waals surface area contributed by atoms with Gasteiger partial charge >= 0.3 is 0 Å². The Balaban J connectivity index is 1.77. The van der Waals surface area contributed by atoms with Crippen LogP contribution in [0.3, 0.4) is 0 Å². The van der Waals surface area contributed by atoms with Gasteiger partial charge in [0.1, 0.15) is 0 Å². The monoisotopic (exact) mass is 391 g/mol. The van der Waals surface area contributed by atoms with Crippen LogP contribution < -0.4 is 4.72 Å². The smallest absolute Gasteiger partial charge is 0.207 e. The second-order valence-corrected chi connectivity index (χ2v) is 8.06. The van der Waals surface area contributed by atoms with Gasteiger partial charge in [-0.1, -0.05) is 65.7 Å². The molecule has 0 aromatic heterocycles. The molecule has 0 aliphatic carbocycles. The predicted molar refractivity (Wildman–Crippen MR) is 102 cm³/mol. The average molecular weight is 392 g/mol. The van der Waals surface area contributed by atoms with Crippen molar-refractivity contribution in [3.05, 3.63) is 88.4 Å². The number of hydrogen-bond acceptors (Lipinski definition) is 2. The lowest BCUT2D eigenvalue weighted by atomic mass is 10.1. The first-order chi connectivity index (χ1) is 12.0. The van der Waals surface area contributed by atoms with Gasteiger partial charge in [0, 0.05) is 16.6 Å². The van der Waals surface area contributed by atoms with Gasteiger partial charge in [0.15, 0.2) is 0 Å². The van der Waals surface area contributed by atoms with E-state index in [1.54, 1.807) is 42.5 Å². The van der Waals surface area contributed by atoms with Crippen LogP contribution in [0.2, 0.25) is 10.0 Å². The lowest BCUT2D eigenvalue weighted by molar-refractivity contribution is 0.581. The normalized spacial score (nSPS) is 11.4. The SMILES string of the molecule is O=S(=O)(NCc1cc(Cl)ccc1Cl)c1ccc(-c2ccccc2)cc1. The summed E-state index contributed by atoms with van der Waals surface area (Å²) in [7, 11) is -3.64. The molecule has 128 valence electrons. The van der Waals surface area contributed by atoms with Gasteiger partial charge in [-0.2, -0.15) is 0 Å². The Morgan fingerprint density at radius 1 is 0.800 bits per heavy atom. The third kappa shape index (κ3) is 4.41. The lowest BCUT2D eigenvalue weighted by Crippen LogP contribution is -2.23. The van der Waals surface area contributed by atoms with Crippen LogP contribution in [0.15, 0.2) is 77.7 Å². The zero-order valence-corrected chi connectivity index (χ0v) is 15.4. The summed E-state index contributed by atoms with van der Waals surface area (Å²) in [5.41, 5.74) is 2.61. The van der Waals surface area contributed by atoms with Crippen molar-refractivity contribution in [3.63, 3.8) is 0 Å². The van der Waals surface area contributed by atoms with E-state index < -0.39 is 10.0 Å². The molecule has 0 aliphatic rings. The Morgan fingerprint density at radius 2 is 1.44 bits per heavy atom. The van der Waals surface area contributed by atoms with Crippen LogP contribution in [-0.4, -0.2) is 8.42 Å². The van der Waals surface area contributed by atoms with E-state index in [4.69, 9.17) is 23.2 Å². The molecular formula is C19H15Cl2NO2S. The Hall–Kier alpha value is -1.85. The van der Waals surface area contributed by atoms with Gasteiger partial charge in [0.25, 0.3) is 0 Å². The minimum Gasteiger partial charge on any atom is -0.207 e. The highest BCUT2D eigenvalue weighted by Gasteiger charge is 2.14. The zero-order chi connectivity index (χ0) is 17.9. The summed E-state index contributed by atoms with van der Waals surface area (Å²) < 4.78 is 27.5. The first-order valence-corrected chi connectivity index (χ1v) is 9.79. The van der Waals surface area contributed by atoms with Crippen LogP contribution >= 0.6 is 23.2 Å². The molecule has 0 aliphatic heterocycles. The molecule has 3 nitrogen and oxygen atoms in total. The van der Waals surface area contributed by atoms with Crippen LogP contribution in [-0.2, 0) is 16.6 Å². The molecule has 0 amide bonds. The number of hydrogen-bond donors (Lipinski definition) is 1. The number of rotatable bonds is 5. The minimum absolute atomic E-state index is 0.0716. The van der Waals surface area contributed by atoms with Crippen molar-refractivity contribution in [3.8, 4) is 11.1 Å². The van der Waals surface area contributed by atoms with Gasteiger partial charge in [-0.3, -0.25) is 0 Å². The summed E-state index contributed by atoms with van der Waals surface area (Å²) in [4.78, 5) is 0.199. The van der Waals surface area contributed by atoms with Gasteiger partial charge in [-0.05, 0) is 47.0 Å². The maximum atomic E-state index is 12.5. The average Bonchev–Trinajstić information content (AvgIpc) is 2.63. The topological polar surface area (TPSA) is 46.2 Å². The quantitative estimate of drug-likeness (QED) is 0.654. The van der Waals surface area contributed by atoms with Crippen LogP contribution in [0.5, 0.6) is 0 Å². The first-order valence-electron chi connectivity index (χ1n) is 7.55. The fourth-order valence-electron chi connectivity index (χ4n) is 2.39. The Labute approximate surface area is 157 Å². The summed E-state index contributed by atoms with van der Waals surface area (Å²) in [5.74, 6) is 0. The first kappa shape index (κ1) is 18.0. The highest BCUT2D eigenvalue weighted by atomic mass is 35.5. The molecule has 0 saturated carbocycles. The highest BCUT2D eigenvalue weighted by molar-refractivity contribution is 7.89. The predicted octanol–water partition coefficient (Wildman–Crippen LogP) is 5.14. The van der Waals surface area contributed by atoms with E-state index in [0.717, 1.165) is 11.1 Å². The maximum Gasteiger partial charge on any atom is 0.240 e. The molecule has 0 radical (unpaired) electrons. The number of nitrogens with one attached hydrogen (secondary N) is 1. The number of halogens is 2. The molecule has 3 rings (SSSR count). The van der Waals surface area contributed by atoms with Crippen LogP contribution in [0.25, 0.3) is 11.1 Å². The van der Waals surface area contributed by atoms with Gasteiger partial charge in [0.2, 0.25) is 10.0 Å². The van der Waals surface area contributed by atoms with Crippen LogP contribution in [0.4, 0.5) is 0 Å². The van der Waals surface area contributed by atoms with Crippen molar-refractivity contribution < 1.29 is 8.42 Å². The molecule has 0 unspecified atom stereocenters. The Morgan fingerprint density at radius 3 is 2.12 bits per heavy atom. The van der Waals surface area contributed by atoms with E-state index in [2.05, 4.69) is 4.72 Å². The molecule has 3 aromatic carbocycles. The second kappa shape index (κ2) is 7.58. The molecule has 25 heavy (non-hydrogen) atoms. The van der Waals surface area contributed by atoms with Crippen molar-refractivity contribution in [2.75, 3.05) is 0 Å². The minimum atomic E-state index is -3.64. The standard InChI is InChI=1S/C19H15Cl2NO2S/c20-17-8-11-19(21)16(12-17)13-22-25(23,24)18-9-6-15(7-10-18)14-4-2-1-3-5-14/h1-12,22H,13H2. The zero-order valence-electron chi connectivity index (χ0n) is 13.1. The van der Waals surface area contributed by atoms with Crippen molar-refractivity contribution in [2.45, 2.75) is 11.4 Å². The van der Waals surface area contributed by atoms with Crippen LogP contribution in [0.1, 0.15) is 5.56 Å². The lowest BCUT2D eigenvalue weighted by Gasteiger charge is -2.09. The highest BCUT2D eigenvalue weighted by Crippen LogP contribution is 2.23. The summed E-state index contributed by atoms with van der Waals surface area (Å²) in [6.07, 6.45) is 0. The van der Waals surface area contributed by atoms with E-state index >= 15 is 0 Å². The molecule has 0 heterocycles. The van der Waals surface area contributed by atoms with Gasteiger partial charge in [-0.25, -0.2) is 13.1 Å². The van der Waals surface area contributed by atoms with E-state index in [9.17, 15) is 8.42 Å².